The molecule has 1 N–H and O–H groups in total. The second kappa shape index (κ2) is 9.31. The van der Waals surface area contributed by atoms with Crippen LogP contribution in [0.1, 0.15) is 24.0 Å². The number of amides is 2. The van der Waals surface area contributed by atoms with Crippen molar-refractivity contribution in [1.29, 1.82) is 0 Å². The van der Waals surface area contributed by atoms with E-state index >= 15 is 0 Å². The predicted molar refractivity (Wildman–Crippen MR) is 108 cm³/mol. The number of piperidine rings is 1. The van der Waals surface area contributed by atoms with Crippen molar-refractivity contribution in [2.45, 2.75) is 31.5 Å². The van der Waals surface area contributed by atoms with Crippen LogP contribution in [0.15, 0.2) is 54.6 Å². The van der Waals surface area contributed by atoms with Crippen molar-refractivity contribution in [1.82, 2.24) is 9.80 Å². The number of nitrogens with one attached hydrogen (secondary N) is 1. The lowest BCUT2D eigenvalue weighted by Crippen LogP contribution is -2.48. The van der Waals surface area contributed by atoms with Gasteiger partial charge in [-0.05, 0) is 63.2 Å². The summed E-state index contributed by atoms with van der Waals surface area (Å²) in [5.41, 5.74) is 0.505. The number of carbonyl (C=O) groups is 1. The fourth-order valence-electron chi connectivity index (χ4n) is 3.62. The summed E-state index contributed by atoms with van der Waals surface area (Å²) in [4.78, 5) is 17.0. The zero-order valence-corrected chi connectivity index (χ0v) is 16.5. The summed E-state index contributed by atoms with van der Waals surface area (Å²) in [5, 5.41) is 2.67. The number of hydrogen-bond donors (Lipinski definition) is 1. The minimum absolute atomic E-state index is 0.0701. The number of carbonyl (C=O) groups excluding carboxylic acids is 1. The van der Waals surface area contributed by atoms with Gasteiger partial charge in [-0.25, -0.2) is 4.79 Å². The maximum absolute atomic E-state index is 13.0. The summed E-state index contributed by atoms with van der Waals surface area (Å²) in [6, 6.07) is 14.4. The first kappa shape index (κ1) is 21.2. The molecule has 1 aliphatic heterocycles. The maximum atomic E-state index is 13.0. The first-order chi connectivity index (χ1) is 13.8. The van der Waals surface area contributed by atoms with Crippen LogP contribution < -0.4 is 5.32 Å². The fourth-order valence-corrected chi connectivity index (χ4v) is 3.62. The van der Waals surface area contributed by atoms with Crippen LogP contribution in [0, 0.1) is 0 Å². The SMILES string of the molecule is CN1CCC(N(CCc2ccccc2)C(=O)Nc2cccc(C(F)(F)F)c2)CC1. The highest BCUT2D eigenvalue weighted by molar-refractivity contribution is 5.89. The molecule has 0 bridgehead atoms. The van der Waals surface area contributed by atoms with Gasteiger partial charge in [0.2, 0.25) is 0 Å². The Morgan fingerprint density at radius 3 is 2.45 bits per heavy atom. The third-order valence-corrected chi connectivity index (χ3v) is 5.32. The summed E-state index contributed by atoms with van der Waals surface area (Å²) in [5.74, 6) is 0. The summed E-state index contributed by atoms with van der Waals surface area (Å²) in [6.07, 6.45) is -2.05. The second-order valence-electron chi connectivity index (χ2n) is 7.47. The zero-order valence-electron chi connectivity index (χ0n) is 16.5. The highest BCUT2D eigenvalue weighted by Gasteiger charge is 2.31. The molecule has 0 atom stereocenters. The molecular weight excluding hydrogens is 379 g/mol. The Balaban J connectivity index is 1.73. The number of urea groups is 1. The van der Waals surface area contributed by atoms with Crippen LogP contribution in [-0.2, 0) is 12.6 Å². The molecule has 29 heavy (non-hydrogen) atoms. The van der Waals surface area contributed by atoms with E-state index in [2.05, 4.69) is 10.2 Å². The minimum atomic E-state index is -4.44. The Kier molecular flexibility index (Phi) is 6.79. The van der Waals surface area contributed by atoms with Gasteiger partial charge in [0, 0.05) is 18.3 Å². The molecule has 0 unspecified atom stereocenters. The molecular formula is C22H26F3N3O. The van der Waals surface area contributed by atoms with Crippen LogP contribution in [-0.4, -0.2) is 48.6 Å². The number of rotatable bonds is 5. The molecule has 1 fully saturated rings. The number of anilines is 1. The molecule has 156 valence electrons. The quantitative estimate of drug-likeness (QED) is 0.770. The van der Waals surface area contributed by atoms with E-state index in [-0.39, 0.29) is 17.8 Å². The molecule has 0 spiro atoms. The molecule has 7 heteroatoms. The highest BCUT2D eigenvalue weighted by Crippen LogP contribution is 2.30. The van der Waals surface area contributed by atoms with Crippen molar-refractivity contribution < 1.29 is 18.0 Å². The lowest BCUT2D eigenvalue weighted by Gasteiger charge is -2.37. The number of halogens is 3. The van der Waals surface area contributed by atoms with Crippen molar-refractivity contribution in [3.8, 4) is 0 Å². The third-order valence-electron chi connectivity index (χ3n) is 5.32. The minimum Gasteiger partial charge on any atom is -0.321 e. The Morgan fingerprint density at radius 1 is 1.10 bits per heavy atom. The largest absolute Gasteiger partial charge is 0.416 e. The number of hydrogen-bond acceptors (Lipinski definition) is 2. The van der Waals surface area contributed by atoms with Gasteiger partial charge in [0.1, 0.15) is 0 Å². The average Bonchev–Trinajstić information content (AvgIpc) is 2.70. The van der Waals surface area contributed by atoms with Gasteiger partial charge in [0.25, 0.3) is 0 Å². The lowest BCUT2D eigenvalue weighted by molar-refractivity contribution is -0.137. The second-order valence-corrected chi connectivity index (χ2v) is 7.47. The van der Waals surface area contributed by atoms with E-state index in [1.165, 1.54) is 12.1 Å². The maximum Gasteiger partial charge on any atom is 0.416 e. The van der Waals surface area contributed by atoms with Crippen molar-refractivity contribution >= 4 is 11.7 Å². The zero-order chi connectivity index (χ0) is 20.9. The van der Waals surface area contributed by atoms with E-state index in [0.29, 0.717) is 13.0 Å². The Hall–Kier alpha value is -2.54. The summed E-state index contributed by atoms with van der Waals surface area (Å²) in [7, 11) is 2.05. The van der Waals surface area contributed by atoms with Crippen molar-refractivity contribution in [2.24, 2.45) is 0 Å². The molecule has 0 saturated carbocycles. The Bertz CT molecular complexity index is 802. The average molecular weight is 405 g/mol. The van der Waals surface area contributed by atoms with Crippen LogP contribution in [0.25, 0.3) is 0 Å². The van der Waals surface area contributed by atoms with E-state index < -0.39 is 11.7 Å². The van der Waals surface area contributed by atoms with Crippen LogP contribution in [0.3, 0.4) is 0 Å². The van der Waals surface area contributed by atoms with Crippen LogP contribution in [0.5, 0.6) is 0 Å². The molecule has 1 aliphatic rings. The van der Waals surface area contributed by atoms with Gasteiger partial charge in [-0.15, -0.1) is 0 Å². The Labute approximate surface area is 169 Å². The molecule has 2 aromatic carbocycles. The number of benzene rings is 2. The van der Waals surface area contributed by atoms with Gasteiger partial charge in [0.15, 0.2) is 0 Å². The summed E-state index contributed by atoms with van der Waals surface area (Å²) >= 11 is 0. The fraction of sp³-hybridized carbons (Fsp3) is 0.409. The first-order valence-electron chi connectivity index (χ1n) is 9.80. The van der Waals surface area contributed by atoms with Gasteiger partial charge in [0.05, 0.1) is 5.56 Å². The van der Waals surface area contributed by atoms with Gasteiger partial charge in [-0.2, -0.15) is 13.2 Å². The molecule has 0 aromatic heterocycles. The van der Waals surface area contributed by atoms with E-state index in [4.69, 9.17) is 0 Å². The topological polar surface area (TPSA) is 35.6 Å². The van der Waals surface area contributed by atoms with Crippen molar-refractivity contribution in [3.63, 3.8) is 0 Å². The third kappa shape index (κ3) is 5.97. The molecule has 0 aliphatic carbocycles. The van der Waals surface area contributed by atoms with Gasteiger partial charge in [-0.3, -0.25) is 0 Å². The molecule has 1 heterocycles. The summed E-state index contributed by atoms with van der Waals surface area (Å²) in [6.45, 7) is 2.30. The normalized spacial score (nSPS) is 15.9. The van der Waals surface area contributed by atoms with Crippen LogP contribution >= 0.6 is 0 Å². The smallest absolute Gasteiger partial charge is 0.321 e. The van der Waals surface area contributed by atoms with Gasteiger partial charge < -0.3 is 15.1 Å². The molecule has 0 radical (unpaired) electrons. The predicted octanol–water partition coefficient (Wildman–Crippen LogP) is 4.88. The van der Waals surface area contributed by atoms with E-state index in [1.54, 1.807) is 4.90 Å². The molecule has 2 aromatic rings. The summed E-state index contributed by atoms with van der Waals surface area (Å²) < 4.78 is 38.9. The van der Waals surface area contributed by atoms with E-state index in [1.807, 2.05) is 37.4 Å². The molecule has 1 saturated heterocycles. The number of nitrogens with zero attached hydrogens (tertiary/aromatic N) is 2. The van der Waals surface area contributed by atoms with Crippen molar-refractivity contribution in [2.75, 3.05) is 32.0 Å². The molecule has 4 nitrogen and oxygen atoms in total. The number of likely N-dealkylation sites (tertiary alicyclic amines) is 1. The van der Waals surface area contributed by atoms with Gasteiger partial charge in [-0.1, -0.05) is 36.4 Å². The molecule has 2 amide bonds. The standard InChI is InChI=1S/C22H26F3N3O/c1-27-13-11-20(12-14-27)28(15-10-17-6-3-2-4-7-17)21(29)26-19-9-5-8-18(16-19)22(23,24)25/h2-9,16,20H,10-15H2,1H3,(H,26,29). The molecule has 3 rings (SSSR count). The van der Waals surface area contributed by atoms with E-state index in [9.17, 15) is 18.0 Å². The van der Waals surface area contributed by atoms with E-state index in [0.717, 1.165) is 43.6 Å². The van der Waals surface area contributed by atoms with Crippen molar-refractivity contribution in [3.05, 3.63) is 65.7 Å². The Morgan fingerprint density at radius 2 is 1.79 bits per heavy atom. The number of alkyl halides is 3. The highest BCUT2D eigenvalue weighted by atomic mass is 19.4. The van der Waals surface area contributed by atoms with Crippen LogP contribution in [0.4, 0.5) is 23.7 Å². The van der Waals surface area contributed by atoms with Gasteiger partial charge >= 0.3 is 12.2 Å². The van der Waals surface area contributed by atoms with Crippen LogP contribution in [0.2, 0.25) is 0 Å². The first-order valence-corrected chi connectivity index (χ1v) is 9.80. The monoisotopic (exact) mass is 405 g/mol. The lowest BCUT2D eigenvalue weighted by atomic mass is 10.0.